The minimum atomic E-state index is -4.36. The van der Waals surface area contributed by atoms with Gasteiger partial charge in [-0.25, -0.2) is 4.98 Å². The SMILES string of the molecule is CCCNCc1csc(-c2ccccc2C(F)(F)F)n1. The Kier molecular flexibility index (Phi) is 4.77. The second kappa shape index (κ2) is 6.37. The molecule has 6 heteroatoms. The van der Waals surface area contributed by atoms with Crippen molar-refractivity contribution in [2.24, 2.45) is 0 Å². The van der Waals surface area contributed by atoms with Crippen LogP contribution in [0.15, 0.2) is 29.6 Å². The Labute approximate surface area is 119 Å². The van der Waals surface area contributed by atoms with Crippen molar-refractivity contribution in [1.82, 2.24) is 10.3 Å². The Morgan fingerprint density at radius 1 is 1.25 bits per heavy atom. The zero-order chi connectivity index (χ0) is 14.6. The Balaban J connectivity index is 2.24. The smallest absolute Gasteiger partial charge is 0.311 e. The number of rotatable bonds is 5. The van der Waals surface area contributed by atoms with E-state index in [0.717, 1.165) is 24.7 Å². The fraction of sp³-hybridized carbons (Fsp3) is 0.357. The van der Waals surface area contributed by atoms with Crippen LogP contribution in [0.3, 0.4) is 0 Å². The number of thiazole rings is 1. The summed E-state index contributed by atoms with van der Waals surface area (Å²) in [5, 5.41) is 5.39. The molecule has 0 aliphatic carbocycles. The first-order valence-electron chi connectivity index (χ1n) is 6.34. The summed E-state index contributed by atoms with van der Waals surface area (Å²) in [7, 11) is 0. The first-order valence-corrected chi connectivity index (χ1v) is 7.22. The maximum atomic E-state index is 13.0. The molecular weight excluding hydrogens is 285 g/mol. The van der Waals surface area contributed by atoms with Crippen LogP contribution in [0.2, 0.25) is 0 Å². The number of halogens is 3. The molecule has 2 nitrogen and oxygen atoms in total. The van der Waals surface area contributed by atoms with Crippen LogP contribution in [0.1, 0.15) is 24.6 Å². The molecule has 0 fully saturated rings. The fourth-order valence-corrected chi connectivity index (χ4v) is 2.68. The molecule has 0 radical (unpaired) electrons. The van der Waals surface area contributed by atoms with Gasteiger partial charge in [-0.05, 0) is 19.0 Å². The quantitative estimate of drug-likeness (QED) is 0.831. The summed E-state index contributed by atoms with van der Waals surface area (Å²) in [5.74, 6) is 0. The van der Waals surface area contributed by atoms with Gasteiger partial charge in [-0.3, -0.25) is 0 Å². The summed E-state index contributed by atoms with van der Waals surface area (Å²) >= 11 is 1.24. The zero-order valence-electron chi connectivity index (χ0n) is 11.0. The number of hydrogen-bond donors (Lipinski definition) is 1. The van der Waals surface area contributed by atoms with E-state index in [-0.39, 0.29) is 5.56 Å². The lowest BCUT2D eigenvalue weighted by atomic mass is 10.1. The largest absolute Gasteiger partial charge is 0.417 e. The van der Waals surface area contributed by atoms with E-state index < -0.39 is 11.7 Å². The van der Waals surface area contributed by atoms with Crippen LogP contribution in [0.25, 0.3) is 10.6 Å². The first kappa shape index (κ1) is 15.0. The van der Waals surface area contributed by atoms with Crippen LogP contribution < -0.4 is 5.32 Å². The molecule has 0 unspecified atom stereocenters. The van der Waals surface area contributed by atoms with Gasteiger partial charge in [-0.1, -0.05) is 25.1 Å². The second-order valence-corrected chi connectivity index (χ2v) is 5.22. The van der Waals surface area contributed by atoms with Crippen molar-refractivity contribution in [1.29, 1.82) is 0 Å². The van der Waals surface area contributed by atoms with Gasteiger partial charge < -0.3 is 5.32 Å². The van der Waals surface area contributed by atoms with Crippen molar-refractivity contribution in [3.63, 3.8) is 0 Å². The van der Waals surface area contributed by atoms with Gasteiger partial charge in [0.2, 0.25) is 0 Å². The molecule has 0 spiro atoms. The maximum absolute atomic E-state index is 13.0. The van der Waals surface area contributed by atoms with Gasteiger partial charge in [0.15, 0.2) is 0 Å². The summed E-state index contributed by atoms with van der Waals surface area (Å²) in [6.45, 7) is 3.50. The Morgan fingerprint density at radius 3 is 2.70 bits per heavy atom. The van der Waals surface area contributed by atoms with E-state index in [1.165, 1.54) is 23.5 Å². The molecule has 1 heterocycles. The summed E-state index contributed by atoms with van der Waals surface area (Å²) < 4.78 is 38.9. The molecule has 2 rings (SSSR count). The predicted molar refractivity (Wildman–Crippen MR) is 74.5 cm³/mol. The second-order valence-electron chi connectivity index (χ2n) is 4.36. The number of benzene rings is 1. The van der Waals surface area contributed by atoms with E-state index >= 15 is 0 Å². The molecule has 1 aromatic heterocycles. The molecule has 0 saturated heterocycles. The summed E-state index contributed by atoms with van der Waals surface area (Å²) in [6.07, 6.45) is -3.35. The lowest BCUT2D eigenvalue weighted by molar-refractivity contribution is -0.137. The van der Waals surface area contributed by atoms with Gasteiger partial charge in [0, 0.05) is 17.5 Å². The highest BCUT2D eigenvalue weighted by Crippen LogP contribution is 2.37. The molecule has 0 amide bonds. The highest BCUT2D eigenvalue weighted by molar-refractivity contribution is 7.13. The van der Waals surface area contributed by atoms with Gasteiger partial charge in [0.1, 0.15) is 5.01 Å². The molecule has 2 aromatic rings. The van der Waals surface area contributed by atoms with Crippen LogP contribution in [0.4, 0.5) is 13.2 Å². The van der Waals surface area contributed by atoms with Gasteiger partial charge in [0.25, 0.3) is 0 Å². The van der Waals surface area contributed by atoms with Crippen molar-refractivity contribution in [2.45, 2.75) is 26.1 Å². The van der Waals surface area contributed by atoms with Gasteiger partial charge in [0.05, 0.1) is 11.3 Å². The van der Waals surface area contributed by atoms with E-state index in [4.69, 9.17) is 0 Å². The number of nitrogens with one attached hydrogen (secondary N) is 1. The molecule has 0 aliphatic rings. The molecule has 108 valence electrons. The maximum Gasteiger partial charge on any atom is 0.417 e. The third-order valence-electron chi connectivity index (χ3n) is 2.75. The van der Waals surface area contributed by atoms with Crippen LogP contribution >= 0.6 is 11.3 Å². The van der Waals surface area contributed by atoms with E-state index in [0.29, 0.717) is 11.6 Å². The van der Waals surface area contributed by atoms with Gasteiger partial charge in [-0.15, -0.1) is 11.3 Å². The minimum absolute atomic E-state index is 0.145. The van der Waals surface area contributed by atoms with E-state index in [2.05, 4.69) is 17.2 Å². The lowest BCUT2D eigenvalue weighted by Crippen LogP contribution is -2.13. The Morgan fingerprint density at radius 2 is 2.00 bits per heavy atom. The van der Waals surface area contributed by atoms with E-state index in [1.54, 1.807) is 11.4 Å². The van der Waals surface area contributed by atoms with Crippen LogP contribution in [-0.2, 0) is 12.7 Å². The predicted octanol–water partition coefficient (Wildman–Crippen LogP) is 4.33. The van der Waals surface area contributed by atoms with E-state index in [1.807, 2.05) is 0 Å². The molecule has 20 heavy (non-hydrogen) atoms. The first-order chi connectivity index (χ1) is 9.52. The molecule has 0 saturated carbocycles. The molecule has 0 aliphatic heterocycles. The van der Waals surface area contributed by atoms with Gasteiger partial charge >= 0.3 is 6.18 Å². The normalized spacial score (nSPS) is 11.8. The summed E-state index contributed by atoms with van der Waals surface area (Å²) in [5.41, 5.74) is 0.282. The molecular formula is C14H15F3N2S. The summed E-state index contributed by atoms with van der Waals surface area (Å²) in [4.78, 5) is 4.28. The number of alkyl halides is 3. The molecule has 0 atom stereocenters. The number of nitrogens with zero attached hydrogens (tertiary/aromatic N) is 1. The van der Waals surface area contributed by atoms with Crippen molar-refractivity contribution in [2.75, 3.05) is 6.54 Å². The monoisotopic (exact) mass is 300 g/mol. The van der Waals surface area contributed by atoms with Crippen molar-refractivity contribution in [3.05, 3.63) is 40.9 Å². The number of aromatic nitrogens is 1. The standard InChI is InChI=1S/C14H15F3N2S/c1-2-7-18-8-10-9-20-13(19-10)11-5-3-4-6-12(11)14(15,16)17/h3-6,9,18H,2,7-8H2,1H3. The van der Waals surface area contributed by atoms with E-state index in [9.17, 15) is 13.2 Å². The average Bonchev–Trinajstić information content (AvgIpc) is 2.87. The van der Waals surface area contributed by atoms with Gasteiger partial charge in [-0.2, -0.15) is 13.2 Å². The fourth-order valence-electron chi connectivity index (χ4n) is 1.82. The third-order valence-corrected chi connectivity index (χ3v) is 3.67. The third kappa shape index (κ3) is 3.58. The minimum Gasteiger partial charge on any atom is -0.311 e. The van der Waals surface area contributed by atoms with Crippen molar-refractivity contribution >= 4 is 11.3 Å². The number of hydrogen-bond acceptors (Lipinski definition) is 3. The highest BCUT2D eigenvalue weighted by atomic mass is 32.1. The Bertz CT molecular complexity index is 564. The van der Waals surface area contributed by atoms with Crippen LogP contribution in [-0.4, -0.2) is 11.5 Å². The molecule has 0 bridgehead atoms. The molecule has 1 N–H and O–H groups in total. The summed E-state index contributed by atoms with van der Waals surface area (Å²) in [6, 6.07) is 5.54. The zero-order valence-corrected chi connectivity index (χ0v) is 11.8. The van der Waals surface area contributed by atoms with Crippen LogP contribution in [0.5, 0.6) is 0 Å². The highest BCUT2D eigenvalue weighted by Gasteiger charge is 2.33. The van der Waals surface area contributed by atoms with Crippen molar-refractivity contribution < 1.29 is 13.2 Å². The van der Waals surface area contributed by atoms with Crippen LogP contribution in [0, 0.1) is 0 Å². The lowest BCUT2D eigenvalue weighted by Gasteiger charge is -2.10. The molecule has 1 aromatic carbocycles. The van der Waals surface area contributed by atoms with Crippen molar-refractivity contribution in [3.8, 4) is 10.6 Å². The average molecular weight is 300 g/mol. The topological polar surface area (TPSA) is 24.9 Å². The Hall–Kier alpha value is -1.40.